The Hall–Kier alpha value is -2.22. The number of rotatable bonds is 9. The van der Waals surface area contributed by atoms with Gasteiger partial charge < -0.3 is 14.2 Å². The van der Waals surface area contributed by atoms with Crippen molar-refractivity contribution in [1.82, 2.24) is 4.90 Å². The molecule has 5 nitrogen and oxygen atoms in total. The first-order chi connectivity index (χ1) is 15.3. The van der Waals surface area contributed by atoms with Crippen molar-refractivity contribution in [1.29, 1.82) is 0 Å². The van der Waals surface area contributed by atoms with Crippen LogP contribution in [0.2, 0.25) is 5.02 Å². The lowest BCUT2D eigenvalue weighted by molar-refractivity contribution is -0.121. The molecule has 1 saturated heterocycles. The number of hydrogen-bond acceptors (Lipinski definition) is 6. The van der Waals surface area contributed by atoms with Crippen LogP contribution in [-0.2, 0) is 4.79 Å². The Morgan fingerprint density at radius 3 is 2.47 bits per heavy atom. The summed E-state index contributed by atoms with van der Waals surface area (Å²) in [5.74, 6) is 2.11. The summed E-state index contributed by atoms with van der Waals surface area (Å²) < 4.78 is 17.6. The van der Waals surface area contributed by atoms with Crippen molar-refractivity contribution in [3.05, 3.63) is 57.5 Å². The second kappa shape index (κ2) is 11.1. The summed E-state index contributed by atoms with van der Waals surface area (Å²) in [5, 5.41) is 0.389. The van der Waals surface area contributed by atoms with Crippen molar-refractivity contribution < 1.29 is 19.0 Å². The molecule has 1 fully saturated rings. The number of methoxy groups -OCH3 is 1. The monoisotopic (exact) mass is 491 g/mol. The lowest BCUT2D eigenvalue weighted by atomic mass is 9.99. The predicted octanol–water partition coefficient (Wildman–Crippen LogP) is 6.15. The van der Waals surface area contributed by atoms with Crippen molar-refractivity contribution in [3.63, 3.8) is 0 Å². The number of benzene rings is 2. The fourth-order valence-electron chi connectivity index (χ4n) is 3.09. The quantitative estimate of drug-likeness (QED) is 0.238. The molecule has 2 aromatic carbocycles. The third kappa shape index (κ3) is 5.77. The van der Waals surface area contributed by atoms with Crippen molar-refractivity contribution in [2.24, 2.45) is 0 Å². The number of carbonyl (C=O) groups excluding carboxylic acids is 1. The van der Waals surface area contributed by atoms with E-state index in [-0.39, 0.29) is 5.91 Å². The average Bonchev–Trinajstić information content (AvgIpc) is 3.03. The molecule has 8 heteroatoms. The van der Waals surface area contributed by atoms with Gasteiger partial charge in [-0.1, -0.05) is 61.6 Å². The van der Waals surface area contributed by atoms with Crippen LogP contribution in [0, 0.1) is 0 Å². The van der Waals surface area contributed by atoms with Gasteiger partial charge in [-0.2, -0.15) is 0 Å². The van der Waals surface area contributed by atoms with Crippen LogP contribution in [0.5, 0.6) is 17.2 Å². The van der Waals surface area contributed by atoms with Gasteiger partial charge in [0.25, 0.3) is 5.91 Å². The van der Waals surface area contributed by atoms with Gasteiger partial charge in [0.1, 0.15) is 23.3 Å². The zero-order valence-corrected chi connectivity index (χ0v) is 20.9. The highest BCUT2D eigenvalue weighted by molar-refractivity contribution is 8.26. The van der Waals surface area contributed by atoms with Gasteiger partial charge in [-0.25, -0.2) is 0 Å². The third-order valence-electron chi connectivity index (χ3n) is 5.20. The van der Waals surface area contributed by atoms with Crippen molar-refractivity contribution >= 4 is 51.9 Å². The molecule has 0 radical (unpaired) electrons. The summed E-state index contributed by atoms with van der Waals surface area (Å²) in [6.45, 7) is 5.05. The molecule has 1 amide bonds. The standard InChI is InChI=1S/C24H26ClNO4S2/c1-5-15(2)17-6-8-18(9-7-17)29-10-11-30-22-19(25)12-16(13-20(22)28-4)14-21-23(27)26(3)24(31)32-21/h6-9,12-15H,5,10-11H2,1-4H3. The molecule has 0 aromatic heterocycles. The Kier molecular flexibility index (Phi) is 8.45. The molecular formula is C24H26ClNO4S2. The lowest BCUT2D eigenvalue weighted by Gasteiger charge is -2.14. The Labute approximate surface area is 203 Å². The molecular weight excluding hydrogens is 466 g/mol. The van der Waals surface area contributed by atoms with E-state index in [4.69, 9.17) is 38.0 Å². The Balaban J connectivity index is 1.62. The molecule has 170 valence electrons. The highest BCUT2D eigenvalue weighted by atomic mass is 35.5. The van der Waals surface area contributed by atoms with Gasteiger partial charge in [-0.05, 0) is 53.8 Å². The molecule has 1 atom stereocenters. The van der Waals surface area contributed by atoms with E-state index < -0.39 is 0 Å². The van der Waals surface area contributed by atoms with Gasteiger partial charge in [0.05, 0.1) is 17.0 Å². The van der Waals surface area contributed by atoms with E-state index in [2.05, 4.69) is 26.0 Å². The summed E-state index contributed by atoms with van der Waals surface area (Å²) in [7, 11) is 3.20. The number of thioether (sulfide) groups is 1. The largest absolute Gasteiger partial charge is 0.493 e. The molecule has 1 unspecified atom stereocenters. The summed E-state index contributed by atoms with van der Waals surface area (Å²) in [6.07, 6.45) is 2.85. The molecule has 1 aliphatic rings. The number of likely N-dealkylation sites (N-methyl/N-ethyl adjacent to an activating group) is 1. The summed E-state index contributed by atoms with van der Waals surface area (Å²) in [6, 6.07) is 11.6. The van der Waals surface area contributed by atoms with Crippen LogP contribution in [-0.4, -0.2) is 42.5 Å². The minimum atomic E-state index is -0.134. The number of nitrogens with zero attached hydrogens (tertiary/aromatic N) is 1. The molecule has 1 heterocycles. The van der Waals surface area contributed by atoms with Gasteiger partial charge in [-0.15, -0.1) is 0 Å². The Morgan fingerprint density at radius 1 is 1.19 bits per heavy atom. The molecule has 0 spiro atoms. The summed E-state index contributed by atoms with van der Waals surface area (Å²) in [5.41, 5.74) is 2.03. The zero-order chi connectivity index (χ0) is 23.3. The molecule has 32 heavy (non-hydrogen) atoms. The predicted molar refractivity (Wildman–Crippen MR) is 135 cm³/mol. The van der Waals surface area contributed by atoms with E-state index in [1.54, 1.807) is 32.4 Å². The number of hydrogen-bond donors (Lipinski definition) is 0. The fraction of sp³-hybridized carbons (Fsp3) is 0.333. The lowest BCUT2D eigenvalue weighted by Crippen LogP contribution is -2.22. The first kappa shape index (κ1) is 24.4. The number of ether oxygens (including phenoxy) is 3. The number of thiocarbonyl (C=S) groups is 1. The van der Waals surface area contributed by atoms with Crippen LogP contribution >= 0.6 is 35.6 Å². The van der Waals surface area contributed by atoms with Crippen molar-refractivity contribution in [3.8, 4) is 17.2 Å². The topological polar surface area (TPSA) is 48.0 Å². The second-order valence-corrected chi connectivity index (χ2v) is 9.43. The number of amides is 1. The van der Waals surface area contributed by atoms with E-state index in [0.29, 0.717) is 44.9 Å². The molecule has 2 aromatic rings. The van der Waals surface area contributed by atoms with Crippen LogP contribution in [0.1, 0.15) is 37.3 Å². The molecule has 0 bridgehead atoms. The summed E-state index contributed by atoms with van der Waals surface area (Å²) >= 11 is 12.9. The minimum Gasteiger partial charge on any atom is -0.493 e. The van der Waals surface area contributed by atoms with E-state index in [9.17, 15) is 4.79 Å². The van der Waals surface area contributed by atoms with E-state index >= 15 is 0 Å². The molecule has 0 N–H and O–H groups in total. The van der Waals surface area contributed by atoms with Gasteiger partial charge >= 0.3 is 0 Å². The molecule has 3 rings (SSSR count). The Morgan fingerprint density at radius 2 is 1.88 bits per heavy atom. The highest BCUT2D eigenvalue weighted by Crippen LogP contribution is 2.38. The van der Waals surface area contributed by atoms with Crippen LogP contribution in [0.25, 0.3) is 6.08 Å². The van der Waals surface area contributed by atoms with Crippen LogP contribution in [0.3, 0.4) is 0 Å². The average molecular weight is 492 g/mol. The van der Waals surface area contributed by atoms with Crippen molar-refractivity contribution in [2.45, 2.75) is 26.2 Å². The van der Waals surface area contributed by atoms with Gasteiger partial charge in [-0.3, -0.25) is 9.69 Å². The second-order valence-electron chi connectivity index (χ2n) is 7.35. The van der Waals surface area contributed by atoms with Crippen molar-refractivity contribution in [2.75, 3.05) is 27.4 Å². The van der Waals surface area contributed by atoms with E-state index in [0.717, 1.165) is 17.7 Å². The minimum absolute atomic E-state index is 0.134. The molecule has 0 saturated carbocycles. The van der Waals surface area contributed by atoms with Crippen LogP contribution in [0.4, 0.5) is 0 Å². The maximum absolute atomic E-state index is 12.2. The first-order valence-electron chi connectivity index (χ1n) is 10.3. The van der Waals surface area contributed by atoms with Crippen LogP contribution in [0.15, 0.2) is 41.3 Å². The maximum atomic E-state index is 12.2. The SMILES string of the molecule is CCC(C)c1ccc(OCCOc2c(Cl)cc(C=C3SC(=S)N(C)C3=O)cc2OC)cc1. The van der Waals surface area contributed by atoms with E-state index in [1.807, 2.05) is 12.1 Å². The zero-order valence-electron chi connectivity index (χ0n) is 18.5. The third-order valence-corrected chi connectivity index (χ3v) is 6.96. The van der Waals surface area contributed by atoms with E-state index in [1.165, 1.54) is 22.2 Å². The fourth-order valence-corrected chi connectivity index (χ4v) is 4.54. The Bertz CT molecular complexity index is 1020. The first-order valence-corrected chi connectivity index (χ1v) is 11.9. The number of halogens is 1. The van der Waals surface area contributed by atoms with Gasteiger partial charge in [0.15, 0.2) is 11.5 Å². The molecule has 1 aliphatic heterocycles. The highest BCUT2D eigenvalue weighted by Gasteiger charge is 2.28. The molecule has 0 aliphatic carbocycles. The normalized spacial score (nSPS) is 15.9. The maximum Gasteiger partial charge on any atom is 0.265 e. The van der Waals surface area contributed by atoms with Crippen LogP contribution < -0.4 is 14.2 Å². The van der Waals surface area contributed by atoms with Gasteiger partial charge in [0, 0.05) is 7.05 Å². The van der Waals surface area contributed by atoms with Gasteiger partial charge in [0.2, 0.25) is 0 Å². The number of carbonyl (C=O) groups is 1. The smallest absolute Gasteiger partial charge is 0.265 e. The summed E-state index contributed by atoms with van der Waals surface area (Å²) in [4.78, 5) is 14.2.